The molecule has 1 saturated carbocycles. The first-order valence-corrected chi connectivity index (χ1v) is 11.4. The van der Waals surface area contributed by atoms with Crippen molar-refractivity contribution < 1.29 is 18.0 Å². The van der Waals surface area contributed by atoms with Crippen molar-refractivity contribution in [2.45, 2.75) is 37.3 Å². The van der Waals surface area contributed by atoms with Gasteiger partial charge < -0.3 is 10.2 Å². The summed E-state index contributed by atoms with van der Waals surface area (Å²) in [5.74, 6) is 0.129. The molecular formula is C25H30F3N3O. The predicted octanol–water partition coefficient (Wildman–Crippen LogP) is 4.46. The molecule has 1 N–H and O–H groups in total. The Morgan fingerprint density at radius 1 is 0.969 bits per heavy atom. The van der Waals surface area contributed by atoms with E-state index in [1.165, 1.54) is 12.1 Å². The predicted molar refractivity (Wildman–Crippen MR) is 120 cm³/mol. The molecule has 0 radical (unpaired) electrons. The molecule has 1 aliphatic carbocycles. The zero-order chi connectivity index (χ0) is 22.6. The van der Waals surface area contributed by atoms with E-state index in [0.29, 0.717) is 25.3 Å². The number of alkyl halides is 3. The fourth-order valence-corrected chi connectivity index (χ4v) is 4.72. The van der Waals surface area contributed by atoms with Gasteiger partial charge in [0.15, 0.2) is 0 Å². The first-order chi connectivity index (χ1) is 15.4. The maximum atomic E-state index is 13.0. The first kappa shape index (κ1) is 22.6. The van der Waals surface area contributed by atoms with E-state index in [1.54, 1.807) is 6.07 Å². The highest BCUT2D eigenvalue weighted by Crippen LogP contribution is 2.43. The summed E-state index contributed by atoms with van der Waals surface area (Å²) in [6.45, 7) is 4.52. The minimum absolute atomic E-state index is 0.129. The smallest absolute Gasteiger partial charge is 0.369 e. The number of piperazine rings is 1. The fourth-order valence-electron chi connectivity index (χ4n) is 4.72. The summed E-state index contributed by atoms with van der Waals surface area (Å²) >= 11 is 0. The van der Waals surface area contributed by atoms with Crippen molar-refractivity contribution >= 4 is 11.6 Å². The van der Waals surface area contributed by atoms with Crippen molar-refractivity contribution in [2.24, 2.45) is 0 Å². The van der Waals surface area contributed by atoms with Gasteiger partial charge in [-0.3, -0.25) is 9.69 Å². The monoisotopic (exact) mass is 445 g/mol. The molecule has 0 spiro atoms. The second-order valence-corrected chi connectivity index (χ2v) is 8.79. The van der Waals surface area contributed by atoms with E-state index >= 15 is 0 Å². The highest BCUT2D eigenvalue weighted by Gasteiger charge is 2.45. The molecule has 0 unspecified atom stereocenters. The standard InChI is InChI=1S/C25H30F3N3O/c26-25(27,28)21-9-4-10-22(19-21)31-17-15-30(16-18-31)14-6-13-29-23(32)24(11-5-12-24)20-7-2-1-3-8-20/h1-4,7-10,19H,5-6,11-18H2,(H,29,32). The maximum absolute atomic E-state index is 13.0. The van der Waals surface area contributed by atoms with Gasteiger partial charge in [-0.2, -0.15) is 13.2 Å². The molecule has 0 aromatic heterocycles. The van der Waals surface area contributed by atoms with Gasteiger partial charge in [0.05, 0.1) is 11.0 Å². The van der Waals surface area contributed by atoms with Gasteiger partial charge in [-0.1, -0.05) is 42.8 Å². The summed E-state index contributed by atoms with van der Waals surface area (Å²) in [5, 5.41) is 3.14. The molecule has 0 atom stereocenters. The SMILES string of the molecule is O=C(NCCCN1CCN(c2cccc(C(F)(F)F)c2)CC1)C1(c2ccccc2)CCC1. The van der Waals surface area contributed by atoms with E-state index in [2.05, 4.69) is 10.2 Å². The van der Waals surface area contributed by atoms with Crippen molar-refractivity contribution in [3.8, 4) is 0 Å². The largest absolute Gasteiger partial charge is 0.416 e. The van der Waals surface area contributed by atoms with Gasteiger partial charge in [-0.25, -0.2) is 0 Å². The number of benzene rings is 2. The van der Waals surface area contributed by atoms with Crippen molar-refractivity contribution in [3.63, 3.8) is 0 Å². The Hall–Kier alpha value is -2.54. The first-order valence-electron chi connectivity index (χ1n) is 11.4. The van der Waals surface area contributed by atoms with Crippen LogP contribution in [0.15, 0.2) is 54.6 Å². The van der Waals surface area contributed by atoms with E-state index < -0.39 is 11.7 Å². The van der Waals surface area contributed by atoms with Gasteiger partial charge in [-0.15, -0.1) is 0 Å². The van der Waals surface area contributed by atoms with E-state index in [-0.39, 0.29) is 11.3 Å². The van der Waals surface area contributed by atoms with Crippen molar-refractivity contribution in [1.29, 1.82) is 0 Å². The highest BCUT2D eigenvalue weighted by atomic mass is 19.4. The summed E-state index contributed by atoms with van der Waals surface area (Å²) < 4.78 is 38.9. The van der Waals surface area contributed by atoms with Crippen LogP contribution >= 0.6 is 0 Å². The lowest BCUT2D eigenvalue weighted by atomic mass is 9.64. The van der Waals surface area contributed by atoms with Crippen LogP contribution in [-0.2, 0) is 16.4 Å². The van der Waals surface area contributed by atoms with Gasteiger partial charge in [0.25, 0.3) is 0 Å². The van der Waals surface area contributed by atoms with Crippen LogP contribution in [0.3, 0.4) is 0 Å². The lowest BCUT2D eigenvalue weighted by molar-refractivity contribution is -0.137. The van der Waals surface area contributed by atoms with Crippen LogP contribution in [0.25, 0.3) is 0 Å². The molecule has 32 heavy (non-hydrogen) atoms. The van der Waals surface area contributed by atoms with Crippen molar-refractivity contribution in [1.82, 2.24) is 10.2 Å². The second-order valence-electron chi connectivity index (χ2n) is 8.79. The number of rotatable bonds is 7. The lowest BCUT2D eigenvalue weighted by Gasteiger charge is -2.41. The van der Waals surface area contributed by atoms with Gasteiger partial charge >= 0.3 is 6.18 Å². The third-order valence-electron chi connectivity index (χ3n) is 6.82. The van der Waals surface area contributed by atoms with Crippen LogP contribution < -0.4 is 10.2 Å². The summed E-state index contributed by atoms with van der Waals surface area (Å²) in [7, 11) is 0. The molecule has 1 heterocycles. The van der Waals surface area contributed by atoms with Crippen molar-refractivity contribution in [3.05, 3.63) is 65.7 Å². The number of carbonyl (C=O) groups excluding carboxylic acids is 1. The van der Waals surface area contributed by atoms with E-state index in [0.717, 1.165) is 56.9 Å². The third kappa shape index (κ3) is 4.93. The zero-order valence-corrected chi connectivity index (χ0v) is 18.2. The number of hydrogen-bond acceptors (Lipinski definition) is 3. The highest BCUT2D eigenvalue weighted by molar-refractivity contribution is 5.89. The number of anilines is 1. The Bertz CT molecular complexity index is 904. The lowest BCUT2D eigenvalue weighted by Crippen LogP contribution is -2.50. The Morgan fingerprint density at radius 3 is 2.31 bits per heavy atom. The van der Waals surface area contributed by atoms with Crippen LogP contribution in [0.5, 0.6) is 0 Å². The molecule has 2 aliphatic rings. The summed E-state index contributed by atoms with van der Waals surface area (Å²) in [5.41, 5.74) is 0.763. The van der Waals surface area contributed by atoms with Gasteiger partial charge in [0.2, 0.25) is 5.91 Å². The minimum atomic E-state index is -4.32. The number of carbonyl (C=O) groups is 1. The molecule has 2 fully saturated rings. The third-order valence-corrected chi connectivity index (χ3v) is 6.82. The van der Waals surface area contributed by atoms with E-state index in [9.17, 15) is 18.0 Å². The normalized spacial score (nSPS) is 18.8. The molecule has 2 aromatic rings. The maximum Gasteiger partial charge on any atom is 0.416 e. The molecule has 4 nitrogen and oxygen atoms in total. The fraction of sp³-hybridized carbons (Fsp3) is 0.480. The molecule has 1 aliphatic heterocycles. The van der Waals surface area contributed by atoms with Gasteiger partial charge in [0, 0.05) is 38.4 Å². The topological polar surface area (TPSA) is 35.6 Å². The minimum Gasteiger partial charge on any atom is -0.369 e. The quantitative estimate of drug-likeness (QED) is 0.640. The number of nitrogens with one attached hydrogen (secondary N) is 1. The van der Waals surface area contributed by atoms with Gasteiger partial charge in [0.1, 0.15) is 0 Å². The Morgan fingerprint density at radius 2 is 1.69 bits per heavy atom. The number of halogens is 3. The molecule has 172 valence electrons. The van der Waals surface area contributed by atoms with Crippen LogP contribution in [-0.4, -0.2) is 50.1 Å². The zero-order valence-electron chi connectivity index (χ0n) is 18.2. The van der Waals surface area contributed by atoms with Crippen LogP contribution in [0.1, 0.15) is 36.8 Å². The number of hydrogen-bond donors (Lipinski definition) is 1. The van der Waals surface area contributed by atoms with Crippen molar-refractivity contribution in [2.75, 3.05) is 44.2 Å². The second kappa shape index (κ2) is 9.53. The molecule has 1 amide bonds. The molecular weight excluding hydrogens is 415 g/mol. The molecule has 0 bridgehead atoms. The average Bonchev–Trinajstić information content (AvgIpc) is 2.77. The Labute approximate surface area is 187 Å². The number of nitrogens with zero attached hydrogens (tertiary/aromatic N) is 2. The van der Waals surface area contributed by atoms with Crippen LogP contribution in [0.2, 0.25) is 0 Å². The van der Waals surface area contributed by atoms with Crippen LogP contribution in [0, 0.1) is 0 Å². The summed E-state index contributed by atoms with van der Waals surface area (Å²) in [6, 6.07) is 15.6. The number of amides is 1. The molecule has 7 heteroatoms. The van der Waals surface area contributed by atoms with Gasteiger partial charge in [-0.05, 0) is 49.6 Å². The molecule has 2 aromatic carbocycles. The Balaban J connectivity index is 1.20. The Kier molecular flexibility index (Phi) is 6.74. The molecule has 1 saturated heterocycles. The molecule has 4 rings (SSSR count). The van der Waals surface area contributed by atoms with Crippen LogP contribution in [0.4, 0.5) is 18.9 Å². The van der Waals surface area contributed by atoms with E-state index in [4.69, 9.17) is 0 Å². The average molecular weight is 446 g/mol. The summed E-state index contributed by atoms with van der Waals surface area (Å²) in [6.07, 6.45) is -0.569. The van der Waals surface area contributed by atoms with E-state index in [1.807, 2.05) is 35.2 Å². The summed E-state index contributed by atoms with van der Waals surface area (Å²) in [4.78, 5) is 17.2.